The molecule has 0 unspecified atom stereocenters. The summed E-state index contributed by atoms with van der Waals surface area (Å²) in [6.07, 6.45) is 3.41. The van der Waals surface area contributed by atoms with E-state index in [4.69, 9.17) is 0 Å². The number of hydrogen-bond donors (Lipinski definition) is 3. The number of pyridine rings is 1. The summed E-state index contributed by atoms with van der Waals surface area (Å²) in [6.45, 7) is 5.21. The summed E-state index contributed by atoms with van der Waals surface area (Å²) in [5, 5.41) is 9.82. The van der Waals surface area contributed by atoms with E-state index in [0.717, 1.165) is 42.6 Å². The highest BCUT2D eigenvalue weighted by Crippen LogP contribution is 2.22. The molecule has 0 radical (unpaired) electrons. The van der Waals surface area contributed by atoms with Crippen LogP contribution in [0.4, 0.5) is 29.0 Å². The van der Waals surface area contributed by atoms with Crippen molar-refractivity contribution in [1.29, 1.82) is 0 Å². The number of rotatable bonds is 8. The molecule has 1 aliphatic heterocycles. The van der Waals surface area contributed by atoms with Gasteiger partial charge in [0.2, 0.25) is 5.95 Å². The summed E-state index contributed by atoms with van der Waals surface area (Å²) >= 11 is 0. The molecule has 4 aromatic rings. The third kappa shape index (κ3) is 5.26. The van der Waals surface area contributed by atoms with Gasteiger partial charge in [-0.05, 0) is 55.5 Å². The van der Waals surface area contributed by atoms with Gasteiger partial charge in [-0.15, -0.1) is 0 Å². The van der Waals surface area contributed by atoms with Crippen molar-refractivity contribution >= 4 is 29.0 Å². The molecule has 3 N–H and O–H groups in total. The first-order valence-electron chi connectivity index (χ1n) is 11.3. The number of benzene rings is 1. The van der Waals surface area contributed by atoms with Crippen LogP contribution >= 0.6 is 0 Å². The van der Waals surface area contributed by atoms with E-state index < -0.39 is 0 Å². The normalized spacial score (nSPS) is 13.2. The van der Waals surface area contributed by atoms with Crippen LogP contribution in [0.2, 0.25) is 0 Å². The molecule has 0 amide bonds. The van der Waals surface area contributed by atoms with Gasteiger partial charge in [-0.3, -0.25) is 0 Å². The van der Waals surface area contributed by atoms with Gasteiger partial charge in [0.05, 0.1) is 0 Å². The molecule has 1 saturated heterocycles. The van der Waals surface area contributed by atoms with Crippen LogP contribution in [-0.2, 0) is 0 Å². The van der Waals surface area contributed by atoms with Gasteiger partial charge in [0.15, 0.2) is 5.82 Å². The molecule has 5 rings (SSSR count). The van der Waals surface area contributed by atoms with Crippen LogP contribution < -0.4 is 20.9 Å². The van der Waals surface area contributed by atoms with E-state index >= 15 is 0 Å². The van der Waals surface area contributed by atoms with Crippen molar-refractivity contribution in [1.82, 2.24) is 30.2 Å². The Kier molecular flexibility index (Phi) is 6.26. The maximum atomic E-state index is 4.58. The molecule has 9 heteroatoms. The van der Waals surface area contributed by atoms with Crippen molar-refractivity contribution in [2.75, 3.05) is 42.2 Å². The molecule has 0 bridgehead atoms. The predicted octanol–water partition coefficient (Wildman–Crippen LogP) is 3.78. The Morgan fingerprint density at radius 1 is 0.882 bits per heavy atom. The van der Waals surface area contributed by atoms with Crippen LogP contribution in [0.25, 0.3) is 11.5 Å². The van der Waals surface area contributed by atoms with E-state index in [-0.39, 0.29) is 0 Å². The molecular formula is C25H27N9. The SMILES string of the molecule is Cc1cccc(-c2nccc(Nc3ccnc(Nc4ccc(N(C)CC5CNC5)cc4)n3)n2)n1. The summed E-state index contributed by atoms with van der Waals surface area (Å²) in [7, 11) is 2.13. The first-order valence-corrected chi connectivity index (χ1v) is 11.3. The van der Waals surface area contributed by atoms with Gasteiger partial charge in [-0.2, -0.15) is 4.98 Å². The van der Waals surface area contributed by atoms with Crippen molar-refractivity contribution in [3.05, 3.63) is 72.7 Å². The average molecular weight is 454 g/mol. The lowest BCUT2D eigenvalue weighted by molar-refractivity contribution is 0.353. The highest BCUT2D eigenvalue weighted by Gasteiger charge is 2.18. The summed E-state index contributed by atoms with van der Waals surface area (Å²) in [6, 6.07) is 17.7. The Hall–Kier alpha value is -4.11. The molecule has 3 aromatic heterocycles. The third-order valence-corrected chi connectivity index (χ3v) is 5.65. The summed E-state index contributed by atoms with van der Waals surface area (Å²) in [5.41, 5.74) is 3.76. The van der Waals surface area contributed by atoms with Crippen LogP contribution in [0.5, 0.6) is 0 Å². The maximum Gasteiger partial charge on any atom is 0.229 e. The van der Waals surface area contributed by atoms with Gasteiger partial charge in [-0.1, -0.05) is 6.07 Å². The van der Waals surface area contributed by atoms with E-state index in [1.807, 2.05) is 37.3 Å². The van der Waals surface area contributed by atoms with Crippen LogP contribution in [0.1, 0.15) is 5.69 Å². The zero-order valence-electron chi connectivity index (χ0n) is 19.2. The van der Waals surface area contributed by atoms with Crippen molar-refractivity contribution < 1.29 is 0 Å². The highest BCUT2D eigenvalue weighted by molar-refractivity contribution is 5.61. The molecule has 1 fully saturated rings. The highest BCUT2D eigenvalue weighted by atomic mass is 15.2. The first-order chi connectivity index (χ1) is 16.6. The molecule has 0 atom stereocenters. The van der Waals surface area contributed by atoms with Crippen LogP contribution in [0.15, 0.2) is 67.0 Å². The van der Waals surface area contributed by atoms with Gasteiger partial charge >= 0.3 is 0 Å². The summed E-state index contributed by atoms with van der Waals surface area (Å²) < 4.78 is 0. The van der Waals surface area contributed by atoms with E-state index in [1.54, 1.807) is 24.5 Å². The monoisotopic (exact) mass is 453 g/mol. The molecule has 9 nitrogen and oxygen atoms in total. The predicted molar refractivity (Wildman–Crippen MR) is 135 cm³/mol. The summed E-state index contributed by atoms with van der Waals surface area (Å²) in [5.74, 6) is 3.04. The minimum atomic E-state index is 0.501. The number of aromatic nitrogens is 5. The molecule has 0 spiro atoms. The Morgan fingerprint density at radius 2 is 1.65 bits per heavy atom. The summed E-state index contributed by atoms with van der Waals surface area (Å²) in [4.78, 5) is 24.6. The average Bonchev–Trinajstić information content (AvgIpc) is 2.82. The van der Waals surface area contributed by atoms with Crippen molar-refractivity contribution in [3.63, 3.8) is 0 Å². The van der Waals surface area contributed by atoms with Crippen LogP contribution in [-0.4, -0.2) is 51.6 Å². The Labute approximate surface area is 198 Å². The van der Waals surface area contributed by atoms with Crippen molar-refractivity contribution in [2.45, 2.75) is 6.92 Å². The number of aryl methyl sites for hydroxylation is 1. The largest absolute Gasteiger partial charge is 0.374 e. The molecule has 1 aliphatic rings. The topological polar surface area (TPSA) is 104 Å². The maximum absolute atomic E-state index is 4.58. The molecule has 1 aromatic carbocycles. The minimum absolute atomic E-state index is 0.501. The number of nitrogens with one attached hydrogen (secondary N) is 3. The molecule has 34 heavy (non-hydrogen) atoms. The second-order valence-electron chi connectivity index (χ2n) is 8.40. The quantitative estimate of drug-likeness (QED) is 0.368. The van der Waals surface area contributed by atoms with Crippen LogP contribution in [0.3, 0.4) is 0 Å². The fourth-order valence-corrected chi connectivity index (χ4v) is 3.74. The third-order valence-electron chi connectivity index (χ3n) is 5.65. The van der Waals surface area contributed by atoms with Gasteiger partial charge in [0.1, 0.15) is 17.3 Å². The lowest BCUT2D eigenvalue weighted by Crippen LogP contribution is -2.47. The molecule has 0 saturated carbocycles. The second-order valence-corrected chi connectivity index (χ2v) is 8.40. The standard InChI is InChI=1S/C25H27N9/c1-17-4-3-5-21(29-17)24-27-12-10-22(32-24)31-23-11-13-28-25(33-23)30-19-6-8-20(9-7-19)34(2)16-18-14-26-15-18/h3-13,18,26H,14-16H2,1-2H3,(H2,27,28,30,31,32,33). The lowest BCUT2D eigenvalue weighted by Gasteiger charge is -2.32. The van der Waals surface area contributed by atoms with Gasteiger partial charge in [-0.25, -0.2) is 19.9 Å². The smallest absolute Gasteiger partial charge is 0.229 e. The zero-order valence-corrected chi connectivity index (χ0v) is 19.2. The van der Waals surface area contributed by atoms with E-state index in [1.165, 1.54) is 5.69 Å². The fraction of sp³-hybridized carbons (Fsp3) is 0.240. The second kappa shape index (κ2) is 9.80. The Bertz CT molecular complexity index is 1260. The Balaban J connectivity index is 1.25. The zero-order chi connectivity index (χ0) is 23.3. The molecule has 172 valence electrons. The van der Waals surface area contributed by atoms with Crippen molar-refractivity contribution in [3.8, 4) is 11.5 Å². The van der Waals surface area contributed by atoms with E-state index in [0.29, 0.717) is 23.4 Å². The van der Waals surface area contributed by atoms with Crippen molar-refractivity contribution in [2.24, 2.45) is 5.92 Å². The minimum Gasteiger partial charge on any atom is -0.374 e. The Morgan fingerprint density at radius 3 is 2.38 bits per heavy atom. The van der Waals surface area contributed by atoms with Crippen LogP contribution in [0, 0.1) is 12.8 Å². The molecular weight excluding hydrogens is 426 g/mol. The first kappa shape index (κ1) is 21.7. The molecule has 4 heterocycles. The molecule has 0 aliphatic carbocycles. The van der Waals surface area contributed by atoms with E-state index in [9.17, 15) is 0 Å². The lowest BCUT2D eigenvalue weighted by atomic mass is 10.0. The van der Waals surface area contributed by atoms with Gasteiger partial charge in [0.25, 0.3) is 0 Å². The van der Waals surface area contributed by atoms with E-state index in [2.05, 4.69) is 65.0 Å². The number of nitrogens with zero attached hydrogens (tertiary/aromatic N) is 6. The van der Waals surface area contributed by atoms with Gasteiger partial charge in [0, 0.05) is 62.1 Å². The number of anilines is 5. The number of hydrogen-bond acceptors (Lipinski definition) is 9. The fourth-order valence-electron chi connectivity index (χ4n) is 3.74. The van der Waals surface area contributed by atoms with Gasteiger partial charge < -0.3 is 20.9 Å².